The van der Waals surface area contributed by atoms with E-state index in [0.717, 1.165) is 42.8 Å². The second-order valence-electron chi connectivity index (χ2n) is 9.51. The predicted octanol–water partition coefficient (Wildman–Crippen LogP) is 4.16. The zero-order valence-electron chi connectivity index (χ0n) is 20.6. The Hall–Kier alpha value is -3.59. The number of hydrogen-bond acceptors (Lipinski definition) is 4. The van der Waals surface area contributed by atoms with E-state index < -0.39 is 0 Å². The Balaban J connectivity index is 1.34. The van der Waals surface area contributed by atoms with Crippen molar-refractivity contribution in [2.24, 2.45) is 0 Å². The number of hydrogen-bond donors (Lipinski definition) is 1. The van der Waals surface area contributed by atoms with Gasteiger partial charge in [0.2, 0.25) is 0 Å². The first-order valence-electron chi connectivity index (χ1n) is 12.6. The molecule has 2 fully saturated rings. The van der Waals surface area contributed by atoms with Gasteiger partial charge in [-0.25, -0.2) is 0 Å². The lowest BCUT2D eigenvalue weighted by Gasteiger charge is -2.57. The third-order valence-corrected chi connectivity index (χ3v) is 7.41. The molecule has 36 heavy (non-hydrogen) atoms. The molecule has 2 aliphatic rings. The summed E-state index contributed by atoms with van der Waals surface area (Å²) in [7, 11) is 1.63. The zero-order chi connectivity index (χ0) is 24.9. The lowest BCUT2D eigenvalue weighted by molar-refractivity contribution is -0.0606. The Morgan fingerprint density at radius 3 is 2.25 bits per heavy atom. The maximum Gasteiger partial charge on any atom is 0.253 e. The minimum absolute atomic E-state index is 0.0530. The van der Waals surface area contributed by atoms with Crippen molar-refractivity contribution < 1.29 is 14.6 Å². The number of aliphatic hydroxyl groups is 1. The number of benzene rings is 3. The van der Waals surface area contributed by atoms with Crippen LogP contribution >= 0.6 is 0 Å². The Morgan fingerprint density at radius 2 is 1.58 bits per heavy atom. The molecule has 0 radical (unpaired) electrons. The molecule has 0 spiro atoms. The summed E-state index contributed by atoms with van der Waals surface area (Å²) in [5.41, 5.74) is 3.83. The maximum atomic E-state index is 13.4. The van der Waals surface area contributed by atoms with Gasteiger partial charge in [0.15, 0.2) is 0 Å². The molecule has 0 unspecified atom stereocenters. The highest BCUT2D eigenvalue weighted by Crippen LogP contribution is 2.42. The molecular formula is C31H32N2O3. The highest BCUT2D eigenvalue weighted by atomic mass is 16.5. The number of fused-ring (bicyclic) bond motifs is 1. The second-order valence-corrected chi connectivity index (χ2v) is 9.51. The van der Waals surface area contributed by atoms with Gasteiger partial charge in [-0.2, -0.15) is 0 Å². The Bertz CT molecular complexity index is 1230. The fourth-order valence-electron chi connectivity index (χ4n) is 5.50. The quantitative estimate of drug-likeness (QED) is 0.570. The first-order valence-corrected chi connectivity index (χ1v) is 12.6. The molecule has 0 aliphatic carbocycles. The molecule has 1 N–H and O–H groups in total. The monoisotopic (exact) mass is 480 g/mol. The van der Waals surface area contributed by atoms with E-state index in [4.69, 9.17) is 4.74 Å². The largest absolute Gasteiger partial charge is 0.497 e. The van der Waals surface area contributed by atoms with Gasteiger partial charge in [0, 0.05) is 47.8 Å². The van der Waals surface area contributed by atoms with E-state index in [1.807, 2.05) is 59.5 Å². The van der Waals surface area contributed by atoms with Gasteiger partial charge in [-0.3, -0.25) is 9.69 Å². The van der Waals surface area contributed by atoms with E-state index in [1.165, 1.54) is 5.56 Å². The van der Waals surface area contributed by atoms with Crippen LogP contribution in [0.5, 0.6) is 5.75 Å². The molecule has 184 valence electrons. The summed E-state index contributed by atoms with van der Waals surface area (Å²) >= 11 is 0. The highest BCUT2D eigenvalue weighted by Gasteiger charge is 2.49. The molecule has 1 amide bonds. The van der Waals surface area contributed by atoms with Gasteiger partial charge in [-0.15, -0.1) is 0 Å². The molecule has 3 atom stereocenters. The third-order valence-electron chi connectivity index (χ3n) is 7.41. The topological polar surface area (TPSA) is 53.0 Å². The lowest BCUT2D eigenvalue weighted by atomic mass is 9.74. The number of amides is 1. The molecule has 5 rings (SSSR count). The molecule has 3 aromatic rings. The van der Waals surface area contributed by atoms with E-state index in [-0.39, 0.29) is 30.5 Å². The minimum atomic E-state index is 0.0530. The van der Waals surface area contributed by atoms with Crippen LogP contribution in [0, 0.1) is 11.8 Å². The van der Waals surface area contributed by atoms with E-state index >= 15 is 0 Å². The van der Waals surface area contributed by atoms with E-state index in [0.29, 0.717) is 12.1 Å². The number of methoxy groups -OCH3 is 1. The molecule has 0 bridgehead atoms. The number of rotatable bonds is 4. The zero-order valence-corrected chi connectivity index (χ0v) is 20.6. The molecule has 2 aliphatic heterocycles. The summed E-state index contributed by atoms with van der Waals surface area (Å²) in [5.74, 6) is 7.42. The van der Waals surface area contributed by atoms with Crippen LogP contribution in [-0.4, -0.2) is 66.2 Å². The van der Waals surface area contributed by atoms with Crippen LogP contribution in [0.4, 0.5) is 0 Å². The molecule has 3 aromatic carbocycles. The summed E-state index contributed by atoms with van der Waals surface area (Å²) in [6, 6.07) is 26.0. The average molecular weight is 481 g/mol. The van der Waals surface area contributed by atoms with Crippen molar-refractivity contribution >= 4 is 5.91 Å². The Labute approximate surface area is 213 Å². The summed E-state index contributed by atoms with van der Waals surface area (Å²) in [6.07, 6.45) is 1.98. The van der Waals surface area contributed by atoms with Gasteiger partial charge in [-0.1, -0.05) is 42.2 Å². The fourth-order valence-corrected chi connectivity index (χ4v) is 5.50. The van der Waals surface area contributed by atoms with Crippen molar-refractivity contribution in [1.29, 1.82) is 0 Å². The van der Waals surface area contributed by atoms with Gasteiger partial charge >= 0.3 is 0 Å². The van der Waals surface area contributed by atoms with Gasteiger partial charge in [0.1, 0.15) is 5.75 Å². The lowest BCUT2D eigenvalue weighted by Crippen LogP contribution is -2.67. The maximum absolute atomic E-state index is 13.4. The first-order chi connectivity index (χ1) is 17.7. The normalized spacial score (nSPS) is 21.7. The molecule has 5 heteroatoms. The fraction of sp³-hybridized carbons (Fsp3) is 0.323. The van der Waals surface area contributed by atoms with Gasteiger partial charge < -0.3 is 14.7 Å². The third kappa shape index (κ3) is 5.02. The number of ether oxygens (including phenoxy) is 1. The molecule has 0 aromatic heterocycles. The number of carbonyl (C=O) groups excluding carboxylic acids is 1. The average Bonchev–Trinajstić information content (AvgIpc) is 2.92. The van der Waals surface area contributed by atoms with Crippen LogP contribution in [-0.2, 0) is 0 Å². The van der Waals surface area contributed by atoms with Crippen LogP contribution in [0.2, 0.25) is 0 Å². The van der Waals surface area contributed by atoms with Crippen LogP contribution < -0.4 is 4.74 Å². The van der Waals surface area contributed by atoms with Crippen molar-refractivity contribution in [3.8, 4) is 17.6 Å². The van der Waals surface area contributed by atoms with Crippen LogP contribution in [0.15, 0.2) is 78.9 Å². The van der Waals surface area contributed by atoms with Crippen LogP contribution in [0.25, 0.3) is 0 Å². The molecule has 0 saturated carbocycles. The molecule has 5 nitrogen and oxygen atoms in total. The second kappa shape index (κ2) is 11.0. The summed E-state index contributed by atoms with van der Waals surface area (Å²) in [6.45, 7) is 2.47. The van der Waals surface area contributed by atoms with E-state index in [1.54, 1.807) is 7.11 Å². The molecule has 2 saturated heterocycles. The SMILES string of the molecule is COc1ccc(C(=O)N2CCCCN3[C@H](CO)[C@H](c4ccc(C#Cc5ccccc5)cc4)[C@@H]3C2)cc1. The van der Waals surface area contributed by atoms with E-state index in [9.17, 15) is 9.90 Å². The van der Waals surface area contributed by atoms with Crippen molar-refractivity contribution in [3.63, 3.8) is 0 Å². The summed E-state index contributed by atoms with van der Waals surface area (Å²) in [5, 5.41) is 10.2. The van der Waals surface area contributed by atoms with E-state index in [2.05, 4.69) is 41.0 Å². The van der Waals surface area contributed by atoms with Gasteiger partial charge in [0.05, 0.1) is 13.7 Å². The summed E-state index contributed by atoms with van der Waals surface area (Å²) < 4.78 is 5.24. The predicted molar refractivity (Wildman–Crippen MR) is 141 cm³/mol. The Morgan fingerprint density at radius 1 is 0.917 bits per heavy atom. The van der Waals surface area contributed by atoms with Crippen molar-refractivity contribution in [1.82, 2.24) is 9.80 Å². The van der Waals surface area contributed by atoms with Crippen molar-refractivity contribution in [2.45, 2.75) is 30.8 Å². The first kappa shape index (κ1) is 24.1. The molecular weight excluding hydrogens is 448 g/mol. The Kier molecular flexibility index (Phi) is 7.36. The van der Waals surface area contributed by atoms with Crippen LogP contribution in [0.3, 0.4) is 0 Å². The van der Waals surface area contributed by atoms with Crippen molar-refractivity contribution in [2.75, 3.05) is 33.4 Å². The van der Waals surface area contributed by atoms with Crippen molar-refractivity contribution in [3.05, 3.63) is 101 Å². The van der Waals surface area contributed by atoms with Gasteiger partial charge in [-0.05, 0) is 73.5 Å². The highest BCUT2D eigenvalue weighted by molar-refractivity contribution is 5.94. The van der Waals surface area contributed by atoms with Crippen LogP contribution in [0.1, 0.15) is 45.8 Å². The number of aliphatic hydroxyl groups excluding tert-OH is 1. The van der Waals surface area contributed by atoms with Gasteiger partial charge in [0.25, 0.3) is 5.91 Å². The standard InChI is InChI=1S/C31H32N2O3/c1-36-27-17-15-26(16-18-27)31(35)32-19-5-6-20-33-28(21-32)30(29(33)22-34)25-13-11-24(12-14-25)10-9-23-7-3-2-4-8-23/h2-4,7-8,11-18,28-30,34H,5-6,19-22H2,1H3/t28-,29+,30+/m0/s1. The number of nitrogens with zero attached hydrogens (tertiary/aromatic N) is 2. The summed E-state index contributed by atoms with van der Waals surface area (Å²) in [4.78, 5) is 17.7. The minimum Gasteiger partial charge on any atom is -0.497 e. The molecule has 2 heterocycles. The number of carbonyl (C=O) groups is 1. The smallest absolute Gasteiger partial charge is 0.253 e.